The van der Waals surface area contributed by atoms with Gasteiger partial charge in [0.15, 0.2) is 0 Å². The molecule has 0 bridgehead atoms. The second-order valence-corrected chi connectivity index (χ2v) is 3.35. The lowest BCUT2D eigenvalue weighted by molar-refractivity contribution is 0.0578. The number of aliphatic hydroxyl groups excluding tert-OH is 1. The van der Waals surface area contributed by atoms with Crippen LogP contribution in [-0.2, 0) is 4.74 Å². The summed E-state index contributed by atoms with van der Waals surface area (Å²) in [4.78, 5) is 12.6. The molecule has 0 spiro atoms. The van der Waals surface area contributed by atoms with E-state index in [1.54, 1.807) is 4.90 Å². The van der Waals surface area contributed by atoms with E-state index >= 15 is 0 Å². The molecule has 3 N–H and O–H groups in total. The van der Waals surface area contributed by atoms with E-state index in [1.165, 1.54) is 0 Å². The van der Waals surface area contributed by atoms with Crippen LogP contribution in [0, 0.1) is 0 Å². The van der Waals surface area contributed by atoms with Crippen molar-refractivity contribution in [1.82, 2.24) is 4.90 Å². The molecule has 0 aromatic rings. The van der Waals surface area contributed by atoms with E-state index in [0.717, 1.165) is 0 Å². The smallest absolute Gasteiger partial charge is 0.410 e. The first-order valence-corrected chi connectivity index (χ1v) is 4.05. The van der Waals surface area contributed by atoms with Crippen LogP contribution in [0.1, 0.15) is 6.42 Å². The first-order valence-electron chi connectivity index (χ1n) is 4.05. The predicted molar refractivity (Wildman–Crippen MR) is 40.4 cm³/mol. The summed E-state index contributed by atoms with van der Waals surface area (Å²) in [6, 6.07) is -0.292. The molecule has 1 amide bonds. The van der Waals surface area contributed by atoms with E-state index in [4.69, 9.17) is 10.5 Å². The second kappa shape index (κ2) is 2.60. The minimum absolute atomic E-state index is 0.0345. The van der Waals surface area contributed by atoms with Crippen molar-refractivity contribution in [2.45, 2.75) is 24.6 Å². The Morgan fingerprint density at radius 1 is 1.67 bits per heavy atom. The standard InChI is InChI=1S/C7H12N2O3/c8-5-2-9-4(1-6(5)10)3-12-7(9)11/h4-6,10H,1-3,8H2/t4-,5-,6-/m0/s1. The van der Waals surface area contributed by atoms with Crippen LogP contribution in [0.2, 0.25) is 0 Å². The third-order valence-electron chi connectivity index (χ3n) is 2.49. The monoisotopic (exact) mass is 172 g/mol. The molecule has 5 nitrogen and oxygen atoms in total. The number of fused-ring (bicyclic) bond motifs is 1. The van der Waals surface area contributed by atoms with Crippen LogP contribution in [0.4, 0.5) is 4.79 Å². The van der Waals surface area contributed by atoms with Crippen LogP contribution in [0.3, 0.4) is 0 Å². The summed E-state index contributed by atoms with van der Waals surface area (Å²) >= 11 is 0. The minimum atomic E-state index is -0.499. The quantitative estimate of drug-likeness (QED) is 0.486. The topological polar surface area (TPSA) is 75.8 Å². The van der Waals surface area contributed by atoms with Crippen LogP contribution in [0.5, 0.6) is 0 Å². The van der Waals surface area contributed by atoms with Gasteiger partial charge in [-0.1, -0.05) is 0 Å². The van der Waals surface area contributed by atoms with Crippen molar-refractivity contribution in [3.8, 4) is 0 Å². The Morgan fingerprint density at radius 2 is 2.42 bits per heavy atom. The number of carbonyl (C=O) groups excluding carboxylic acids is 1. The third-order valence-corrected chi connectivity index (χ3v) is 2.49. The fraction of sp³-hybridized carbons (Fsp3) is 0.857. The van der Waals surface area contributed by atoms with Crippen LogP contribution < -0.4 is 5.73 Å². The molecular weight excluding hydrogens is 160 g/mol. The maximum atomic E-state index is 11.0. The molecule has 2 saturated heterocycles. The predicted octanol–water partition coefficient (Wildman–Crippen LogP) is -1.10. The lowest BCUT2D eigenvalue weighted by Crippen LogP contribution is -2.54. The van der Waals surface area contributed by atoms with Crippen molar-refractivity contribution >= 4 is 6.09 Å². The fourth-order valence-electron chi connectivity index (χ4n) is 1.71. The number of carbonyl (C=O) groups is 1. The largest absolute Gasteiger partial charge is 0.447 e. The van der Waals surface area contributed by atoms with E-state index in [-0.39, 0.29) is 18.2 Å². The lowest BCUT2D eigenvalue weighted by Gasteiger charge is -2.34. The Morgan fingerprint density at radius 3 is 3.17 bits per heavy atom. The van der Waals surface area contributed by atoms with Crippen molar-refractivity contribution in [3.05, 3.63) is 0 Å². The number of amides is 1. The van der Waals surface area contributed by atoms with Gasteiger partial charge in [-0.05, 0) is 6.42 Å². The van der Waals surface area contributed by atoms with Crippen molar-refractivity contribution in [2.24, 2.45) is 5.73 Å². The first kappa shape index (κ1) is 7.82. The van der Waals surface area contributed by atoms with Crippen molar-refractivity contribution in [3.63, 3.8) is 0 Å². The lowest BCUT2D eigenvalue weighted by atomic mass is 9.97. The van der Waals surface area contributed by atoms with E-state index in [2.05, 4.69) is 0 Å². The molecule has 0 aliphatic carbocycles. The number of hydrogen-bond donors (Lipinski definition) is 2. The Kier molecular flexibility index (Phi) is 1.69. The van der Waals surface area contributed by atoms with Gasteiger partial charge >= 0.3 is 6.09 Å². The van der Waals surface area contributed by atoms with Gasteiger partial charge in [0.05, 0.1) is 12.1 Å². The highest BCUT2D eigenvalue weighted by molar-refractivity contribution is 5.70. The summed E-state index contributed by atoms with van der Waals surface area (Å²) in [5, 5.41) is 9.39. The van der Waals surface area contributed by atoms with Gasteiger partial charge in [0.25, 0.3) is 0 Å². The number of cyclic esters (lactones) is 1. The van der Waals surface area contributed by atoms with Crippen LogP contribution in [0.15, 0.2) is 0 Å². The zero-order valence-electron chi connectivity index (χ0n) is 6.64. The van der Waals surface area contributed by atoms with Gasteiger partial charge < -0.3 is 20.5 Å². The van der Waals surface area contributed by atoms with Crippen molar-refractivity contribution in [2.75, 3.05) is 13.2 Å². The average Bonchev–Trinajstić information content (AvgIpc) is 2.35. The number of nitrogens with two attached hydrogens (primary N) is 1. The Bertz CT molecular complexity index is 209. The Labute approximate surface area is 70.1 Å². The zero-order valence-corrected chi connectivity index (χ0v) is 6.64. The van der Waals surface area contributed by atoms with Crippen molar-refractivity contribution in [1.29, 1.82) is 0 Å². The molecule has 2 aliphatic rings. The number of ether oxygens (including phenoxy) is 1. The molecule has 2 fully saturated rings. The van der Waals surface area contributed by atoms with E-state index in [9.17, 15) is 9.90 Å². The van der Waals surface area contributed by atoms with Gasteiger partial charge in [-0.25, -0.2) is 4.79 Å². The van der Waals surface area contributed by atoms with Gasteiger partial charge in [-0.15, -0.1) is 0 Å². The zero-order chi connectivity index (χ0) is 8.72. The maximum absolute atomic E-state index is 11.0. The molecule has 0 saturated carbocycles. The van der Waals surface area contributed by atoms with Gasteiger partial charge in [0.2, 0.25) is 0 Å². The summed E-state index contributed by atoms with van der Waals surface area (Å²) in [6.07, 6.45) is -0.268. The summed E-state index contributed by atoms with van der Waals surface area (Å²) in [6.45, 7) is 0.799. The molecule has 5 heteroatoms. The molecule has 0 radical (unpaired) electrons. The SMILES string of the molecule is N[C@H]1CN2C(=O)OC[C@@H]2C[C@@H]1O. The number of hydrogen-bond acceptors (Lipinski definition) is 4. The molecule has 3 atom stereocenters. The van der Waals surface area contributed by atoms with Crippen LogP contribution in [-0.4, -0.2) is 47.4 Å². The van der Waals surface area contributed by atoms with E-state index in [1.807, 2.05) is 0 Å². The Hall–Kier alpha value is -0.810. The molecule has 0 aromatic heterocycles. The molecule has 0 unspecified atom stereocenters. The van der Waals surface area contributed by atoms with E-state index in [0.29, 0.717) is 19.6 Å². The molecule has 2 rings (SSSR count). The summed E-state index contributed by atoms with van der Waals surface area (Å²) in [7, 11) is 0. The Balaban J connectivity index is 2.09. The second-order valence-electron chi connectivity index (χ2n) is 3.35. The highest BCUT2D eigenvalue weighted by Gasteiger charge is 2.40. The maximum Gasteiger partial charge on any atom is 0.410 e. The van der Waals surface area contributed by atoms with Gasteiger partial charge in [-0.2, -0.15) is 0 Å². The van der Waals surface area contributed by atoms with Crippen LogP contribution >= 0.6 is 0 Å². The molecule has 68 valence electrons. The number of aliphatic hydroxyl groups is 1. The molecular formula is C7H12N2O3. The highest BCUT2D eigenvalue weighted by Crippen LogP contribution is 2.22. The number of rotatable bonds is 0. The fourth-order valence-corrected chi connectivity index (χ4v) is 1.71. The average molecular weight is 172 g/mol. The number of nitrogens with zero attached hydrogens (tertiary/aromatic N) is 1. The van der Waals surface area contributed by atoms with Gasteiger partial charge in [0, 0.05) is 12.6 Å². The first-order chi connectivity index (χ1) is 5.68. The molecule has 2 heterocycles. The minimum Gasteiger partial charge on any atom is -0.447 e. The van der Waals surface area contributed by atoms with Gasteiger partial charge in [0.1, 0.15) is 6.61 Å². The molecule has 0 aromatic carbocycles. The van der Waals surface area contributed by atoms with E-state index < -0.39 is 6.10 Å². The molecule has 12 heavy (non-hydrogen) atoms. The highest BCUT2D eigenvalue weighted by atomic mass is 16.6. The van der Waals surface area contributed by atoms with Crippen molar-refractivity contribution < 1.29 is 14.6 Å². The summed E-state index contributed by atoms with van der Waals surface area (Å²) in [5.41, 5.74) is 5.60. The third kappa shape index (κ3) is 1.05. The van der Waals surface area contributed by atoms with Crippen LogP contribution in [0.25, 0.3) is 0 Å². The number of piperidine rings is 1. The molecule has 2 aliphatic heterocycles. The normalized spacial score (nSPS) is 41.0. The summed E-state index contributed by atoms with van der Waals surface area (Å²) in [5.74, 6) is 0. The summed E-state index contributed by atoms with van der Waals surface area (Å²) < 4.78 is 4.82. The van der Waals surface area contributed by atoms with Gasteiger partial charge in [-0.3, -0.25) is 0 Å².